The van der Waals surface area contributed by atoms with Crippen molar-refractivity contribution in [3.05, 3.63) is 28.8 Å². The van der Waals surface area contributed by atoms with Crippen LogP contribution in [0.4, 0.5) is 0 Å². The number of nitrogens with two attached hydrogens (primary N) is 1. The average Bonchev–Trinajstić information content (AvgIpc) is 2.38. The van der Waals surface area contributed by atoms with Crippen LogP contribution < -0.4 is 15.8 Å². The summed E-state index contributed by atoms with van der Waals surface area (Å²) in [5.41, 5.74) is 8.87. The lowest BCUT2D eigenvalue weighted by Crippen LogP contribution is -2.34. The van der Waals surface area contributed by atoms with E-state index in [0.29, 0.717) is 13.1 Å². The summed E-state index contributed by atoms with van der Waals surface area (Å²) < 4.78 is 5.38. The van der Waals surface area contributed by atoms with Crippen LogP contribution in [0.25, 0.3) is 0 Å². The molecule has 0 saturated heterocycles. The smallest absolute Gasteiger partial charge is 0.224 e. The molecular formula is C15H24N2O2. The molecule has 0 bridgehead atoms. The minimum atomic E-state index is -0.114. The first-order valence-corrected chi connectivity index (χ1v) is 6.65. The van der Waals surface area contributed by atoms with E-state index in [9.17, 15) is 4.79 Å². The van der Waals surface area contributed by atoms with Gasteiger partial charge in [-0.1, -0.05) is 13.0 Å². The fourth-order valence-corrected chi connectivity index (χ4v) is 2.15. The Morgan fingerprint density at radius 1 is 1.42 bits per heavy atom. The first-order valence-electron chi connectivity index (χ1n) is 6.65. The monoisotopic (exact) mass is 264 g/mol. The molecule has 0 aromatic heterocycles. The third-order valence-electron chi connectivity index (χ3n) is 3.38. The predicted molar refractivity (Wildman–Crippen MR) is 77.2 cm³/mol. The highest BCUT2D eigenvalue weighted by Gasteiger charge is 2.15. The lowest BCUT2D eigenvalue weighted by atomic mass is 10.0. The van der Waals surface area contributed by atoms with Crippen LogP contribution in [0.5, 0.6) is 5.75 Å². The van der Waals surface area contributed by atoms with Gasteiger partial charge in [-0.2, -0.15) is 0 Å². The van der Waals surface area contributed by atoms with E-state index in [4.69, 9.17) is 10.5 Å². The van der Waals surface area contributed by atoms with Crippen LogP contribution in [0, 0.1) is 19.8 Å². The molecule has 1 rings (SSSR count). The second-order valence-corrected chi connectivity index (χ2v) is 4.82. The minimum absolute atomic E-state index is 0.00651. The van der Waals surface area contributed by atoms with Gasteiger partial charge in [-0.25, -0.2) is 0 Å². The number of amides is 1. The van der Waals surface area contributed by atoms with Gasteiger partial charge in [0, 0.05) is 24.6 Å². The number of aryl methyl sites for hydroxylation is 2. The molecule has 1 aromatic rings. The molecule has 0 saturated carbocycles. The predicted octanol–water partition coefficient (Wildman–Crippen LogP) is 1.91. The number of methoxy groups -OCH3 is 1. The molecule has 3 N–H and O–H groups in total. The van der Waals surface area contributed by atoms with Crippen molar-refractivity contribution in [2.75, 3.05) is 13.7 Å². The molecule has 0 spiro atoms. The van der Waals surface area contributed by atoms with E-state index in [1.807, 2.05) is 26.8 Å². The molecule has 1 aromatic carbocycles. The number of hydrogen-bond acceptors (Lipinski definition) is 3. The normalized spacial score (nSPS) is 12.1. The Morgan fingerprint density at radius 2 is 2.11 bits per heavy atom. The number of hydrogen-bond donors (Lipinski definition) is 2. The van der Waals surface area contributed by atoms with Crippen molar-refractivity contribution in [1.82, 2.24) is 5.32 Å². The van der Waals surface area contributed by atoms with Crippen molar-refractivity contribution in [3.8, 4) is 5.75 Å². The molecule has 0 aliphatic carbocycles. The van der Waals surface area contributed by atoms with Crippen molar-refractivity contribution in [2.24, 2.45) is 11.7 Å². The number of carbonyl (C=O) groups excluding carboxylic acids is 1. The average molecular weight is 264 g/mol. The summed E-state index contributed by atoms with van der Waals surface area (Å²) in [5.74, 6) is 0.711. The zero-order chi connectivity index (χ0) is 14.4. The summed E-state index contributed by atoms with van der Waals surface area (Å²) in [7, 11) is 1.65. The van der Waals surface area contributed by atoms with Crippen molar-refractivity contribution in [1.29, 1.82) is 0 Å². The van der Waals surface area contributed by atoms with E-state index < -0.39 is 0 Å². The van der Waals surface area contributed by atoms with Gasteiger partial charge in [0.15, 0.2) is 0 Å². The summed E-state index contributed by atoms with van der Waals surface area (Å²) >= 11 is 0. The third kappa shape index (κ3) is 3.96. The zero-order valence-corrected chi connectivity index (χ0v) is 12.2. The SMILES string of the molecule is CCC(CN)C(=O)NCc1c(C)cc(C)cc1OC. The van der Waals surface area contributed by atoms with Gasteiger partial charge in [-0.05, 0) is 37.5 Å². The van der Waals surface area contributed by atoms with Crippen molar-refractivity contribution in [2.45, 2.75) is 33.7 Å². The molecule has 1 atom stereocenters. The van der Waals surface area contributed by atoms with Gasteiger partial charge >= 0.3 is 0 Å². The largest absolute Gasteiger partial charge is 0.496 e. The quantitative estimate of drug-likeness (QED) is 0.825. The Kier molecular flexibility index (Phi) is 5.83. The first-order chi connectivity index (χ1) is 9.03. The molecule has 0 aliphatic rings. The van der Waals surface area contributed by atoms with Crippen LogP contribution in [0.2, 0.25) is 0 Å². The lowest BCUT2D eigenvalue weighted by molar-refractivity contribution is -0.124. The molecule has 1 unspecified atom stereocenters. The van der Waals surface area contributed by atoms with Crippen LogP contribution in [0.1, 0.15) is 30.0 Å². The Labute approximate surface area is 115 Å². The summed E-state index contributed by atoms with van der Waals surface area (Å²) in [5, 5.41) is 2.94. The molecule has 4 heteroatoms. The second-order valence-electron chi connectivity index (χ2n) is 4.82. The van der Waals surface area contributed by atoms with Crippen molar-refractivity contribution in [3.63, 3.8) is 0 Å². The molecular weight excluding hydrogens is 240 g/mol. The van der Waals surface area contributed by atoms with E-state index in [0.717, 1.165) is 28.9 Å². The highest BCUT2D eigenvalue weighted by molar-refractivity contribution is 5.78. The van der Waals surface area contributed by atoms with Gasteiger partial charge in [-0.3, -0.25) is 4.79 Å². The lowest BCUT2D eigenvalue weighted by Gasteiger charge is -2.16. The molecule has 1 amide bonds. The third-order valence-corrected chi connectivity index (χ3v) is 3.38. The van der Waals surface area contributed by atoms with Crippen LogP contribution in [-0.2, 0) is 11.3 Å². The van der Waals surface area contributed by atoms with E-state index in [2.05, 4.69) is 11.4 Å². The fraction of sp³-hybridized carbons (Fsp3) is 0.533. The maximum absolute atomic E-state index is 11.9. The number of ether oxygens (including phenoxy) is 1. The molecule has 19 heavy (non-hydrogen) atoms. The minimum Gasteiger partial charge on any atom is -0.496 e. The standard InChI is InChI=1S/C15H24N2O2/c1-5-12(8-16)15(18)17-9-13-11(3)6-10(2)7-14(13)19-4/h6-7,12H,5,8-9,16H2,1-4H3,(H,17,18). The van der Waals surface area contributed by atoms with Gasteiger partial charge in [-0.15, -0.1) is 0 Å². The Bertz CT molecular complexity index is 440. The molecule has 0 aliphatic heterocycles. The summed E-state index contributed by atoms with van der Waals surface area (Å²) in [6, 6.07) is 4.07. The van der Waals surface area contributed by atoms with Crippen LogP contribution in [-0.4, -0.2) is 19.6 Å². The summed E-state index contributed by atoms with van der Waals surface area (Å²) in [6.45, 7) is 6.88. The number of nitrogens with one attached hydrogen (secondary N) is 1. The van der Waals surface area contributed by atoms with Gasteiger partial charge in [0.25, 0.3) is 0 Å². The highest BCUT2D eigenvalue weighted by atomic mass is 16.5. The van der Waals surface area contributed by atoms with E-state index >= 15 is 0 Å². The van der Waals surface area contributed by atoms with Gasteiger partial charge in [0.1, 0.15) is 5.75 Å². The maximum Gasteiger partial charge on any atom is 0.224 e. The molecule has 106 valence electrons. The van der Waals surface area contributed by atoms with Crippen molar-refractivity contribution >= 4 is 5.91 Å². The topological polar surface area (TPSA) is 64.4 Å². The molecule has 0 radical (unpaired) electrons. The van der Waals surface area contributed by atoms with Gasteiger partial charge in [0.2, 0.25) is 5.91 Å². The number of rotatable bonds is 6. The maximum atomic E-state index is 11.9. The number of carbonyl (C=O) groups is 1. The Morgan fingerprint density at radius 3 is 2.63 bits per heavy atom. The van der Waals surface area contributed by atoms with E-state index in [1.54, 1.807) is 7.11 Å². The first kappa shape index (κ1) is 15.5. The molecule has 0 heterocycles. The molecule has 4 nitrogen and oxygen atoms in total. The Balaban J connectivity index is 2.80. The summed E-state index contributed by atoms with van der Waals surface area (Å²) in [4.78, 5) is 11.9. The Hall–Kier alpha value is -1.55. The fourth-order valence-electron chi connectivity index (χ4n) is 2.15. The van der Waals surface area contributed by atoms with Crippen LogP contribution in [0.15, 0.2) is 12.1 Å². The van der Waals surface area contributed by atoms with Crippen LogP contribution >= 0.6 is 0 Å². The van der Waals surface area contributed by atoms with Crippen molar-refractivity contribution < 1.29 is 9.53 Å². The van der Waals surface area contributed by atoms with Gasteiger partial charge < -0.3 is 15.8 Å². The highest BCUT2D eigenvalue weighted by Crippen LogP contribution is 2.24. The second kappa shape index (κ2) is 7.14. The molecule has 0 fully saturated rings. The van der Waals surface area contributed by atoms with Gasteiger partial charge in [0.05, 0.1) is 7.11 Å². The van der Waals surface area contributed by atoms with E-state index in [-0.39, 0.29) is 11.8 Å². The van der Waals surface area contributed by atoms with Crippen LogP contribution in [0.3, 0.4) is 0 Å². The number of benzene rings is 1. The zero-order valence-electron chi connectivity index (χ0n) is 12.2. The van der Waals surface area contributed by atoms with E-state index in [1.165, 1.54) is 0 Å². The summed E-state index contributed by atoms with van der Waals surface area (Å²) in [6.07, 6.45) is 0.756.